The average Bonchev–Trinajstić information content (AvgIpc) is 2.71. The predicted molar refractivity (Wildman–Crippen MR) is 124 cm³/mol. The first-order valence-electron chi connectivity index (χ1n) is 10.5. The van der Waals surface area contributed by atoms with Crippen LogP contribution in [-0.2, 0) is 22.7 Å². The molecule has 8 nitrogen and oxygen atoms in total. The maximum atomic E-state index is 13.0. The third-order valence-corrected chi connectivity index (χ3v) is 5.26. The van der Waals surface area contributed by atoms with E-state index in [1.807, 2.05) is 39.0 Å². The van der Waals surface area contributed by atoms with Crippen molar-refractivity contribution >= 4 is 29.0 Å². The lowest BCUT2D eigenvalue weighted by Gasteiger charge is -2.25. The van der Waals surface area contributed by atoms with Gasteiger partial charge in [0.25, 0.3) is 11.5 Å². The van der Waals surface area contributed by atoms with Gasteiger partial charge in [-0.2, -0.15) is 0 Å². The minimum Gasteiger partial charge on any atom is -0.383 e. The Balaban J connectivity index is 2.28. The van der Waals surface area contributed by atoms with Crippen molar-refractivity contribution in [2.24, 2.45) is 5.92 Å². The summed E-state index contributed by atoms with van der Waals surface area (Å²) in [7, 11) is 0. The Morgan fingerprint density at radius 1 is 1.29 bits per heavy atom. The summed E-state index contributed by atoms with van der Waals surface area (Å²) >= 11 is 6.13. The number of carbonyl (C=O) groups excluding carboxylic acids is 1. The number of anilines is 2. The van der Waals surface area contributed by atoms with Gasteiger partial charge in [-0.3, -0.25) is 19.1 Å². The van der Waals surface area contributed by atoms with Gasteiger partial charge >= 0.3 is 5.69 Å². The van der Waals surface area contributed by atoms with Crippen LogP contribution in [-0.4, -0.2) is 28.6 Å². The van der Waals surface area contributed by atoms with E-state index in [4.69, 9.17) is 22.1 Å². The topological polar surface area (TPSA) is 110 Å². The Kier molecular flexibility index (Phi) is 9.33. The van der Waals surface area contributed by atoms with Crippen molar-refractivity contribution in [3.8, 4) is 0 Å². The third-order valence-electron chi connectivity index (χ3n) is 4.89. The average molecular weight is 451 g/mol. The van der Waals surface area contributed by atoms with Crippen molar-refractivity contribution in [3.63, 3.8) is 0 Å². The van der Waals surface area contributed by atoms with Crippen LogP contribution in [0.5, 0.6) is 0 Å². The summed E-state index contributed by atoms with van der Waals surface area (Å²) in [5.74, 6) is -0.123. The van der Waals surface area contributed by atoms with Crippen LogP contribution in [0.4, 0.5) is 11.5 Å². The van der Waals surface area contributed by atoms with E-state index in [1.165, 1.54) is 9.47 Å². The lowest BCUT2D eigenvalue weighted by atomic mass is 10.1. The molecular formula is C22H31ClN4O4. The number of unbranched alkanes of at least 4 members (excludes halogenated alkanes) is 1. The Morgan fingerprint density at radius 2 is 2.00 bits per heavy atom. The largest absolute Gasteiger partial charge is 0.383 e. The molecule has 1 aromatic heterocycles. The Hall–Kier alpha value is -2.58. The number of ether oxygens (including phenoxy) is 1. The first-order chi connectivity index (χ1) is 14.8. The van der Waals surface area contributed by atoms with Gasteiger partial charge in [0, 0.05) is 18.1 Å². The van der Waals surface area contributed by atoms with E-state index < -0.39 is 17.2 Å². The first kappa shape index (κ1) is 24.7. The zero-order chi connectivity index (χ0) is 23.0. The molecule has 3 N–H and O–H groups in total. The van der Waals surface area contributed by atoms with Gasteiger partial charge in [0.1, 0.15) is 12.4 Å². The highest BCUT2D eigenvalue weighted by Gasteiger charge is 2.24. The molecule has 1 heterocycles. The van der Waals surface area contributed by atoms with Crippen LogP contribution < -0.4 is 21.9 Å². The van der Waals surface area contributed by atoms with Crippen LogP contribution in [0.1, 0.15) is 45.6 Å². The number of amides is 1. The maximum Gasteiger partial charge on any atom is 0.330 e. The molecule has 170 valence electrons. The quantitative estimate of drug-likeness (QED) is 0.546. The molecule has 0 atom stereocenters. The van der Waals surface area contributed by atoms with Gasteiger partial charge in [0.15, 0.2) is 5.69 Å². The van der Waals surface area contributed by atoms with E-state index in [2.05, 4.69) is 4.98 Å². The van der Waals surface area contributed by atoms with Crippen LogP contribution >= 0.6 is 11.6 Å². The Labute approximate surface area is 187 Å². The lowest BCUT2D eigenvalue weighted by Crippen LogP contribution is -2.43. The number of H-pyrrole nitrogens is 1. The SMILES string of the molecule is CCCCn1c(N)c(N(CCC(C)C)C(=O)COCc2ccccc2Cl)c(=O)[nH]c1=O. The van der Waals surface area contributed by atoms with E-state index in [-0.39, 0.29) is 31.3 Å². The molecule has 1 amide bonds. The van der Waals surface area contributed by atoms with Crippen molar-refractivity contribution in [1.82, 2.24) is 9.55 Å². The molecule has 0 bridgehead atoms. The molecule has 0 unspecified atom stereocenters. The van der Waals surface area contributed by atoms with Crippen LogP contribution in [0.2, 0.25) is 5.02 Å². The molecule has 0 radical (unpaired) electrons. The molecule has 1 aromatic carbocycles. The van der Waals surface area contributed by atoms with Crippen molar-refractivity contribution in [2.45, 2.75) is 53.2 Å². The van der Waals surface area contributed by atoms with Crippen molar-refractivity contribution in [3.05, 3.63) is 55.7 Å². The number of halogens is 1. The van der Waals surface area contributed by atoms with Crippen LogP contribution in [0.25, 0.3) is 0 Å². The van der Waals surface area contributed by atoms with Gasteiger partial charge in [0.2, 0.25) is 0 Å². The number of hydrogen-bond acceptors (Lipinski definition) is 5. The molecule has 0 aliphatic rings. The summed E-state index contributed by atoms with van der Waals surface area (Å²) < 4.78 is 6.88. The number of hydrogen-bond donors (Lipinski definition) is 2. The Morgan fingerprint density at radius 3 is 2.65 bits per heavy atom. The molecule has 0 aliphatic heterocycles. The van der Waals surface area contributed by atoms with Crippen LogP contribution in [0.3, 0.4) is 0 Å². The normalized spacial score (nSPS) is 11.1. The summed E-state index contributed by atoms with van der Waals surface area (Å²) in [6.45, 7) is 6.58. The van der Waals surface area contributed by atoms with Gasteiger partial charge in [-0.1, -0.05) is 57.0 Å². The number of rotatable bonds is 11. The van der Waals surface area contributed by atoms with Gasteiger partial charge in [-0.05, 0) is 30.4 Å². The number of nitrogens with zero attached hydrogens (tertiary/aromatic N) is 2. The second-order valence-corrected chi connectivity index (χ2v) is 8.22. The third kappa shape index (κ3) is 6.70. The predicted octanol–water partition coefficient (Wildman–Crippen LogP) is 3.17. The number of aromatic nitrogens is 2. The van der Waals surface area contributed by atoms with Gasteiger partial charge < -0.3 is 15.4 Å². The van der Waals surface area contributed by atoms with E-state index in [0.717, 1.165) is 18.4 Å². The maximum absolute atomic E-state index is 13.0. The zero-order valence-electron chi connectivity index (χ0n) is 18.3. The number of nitrogens with one attached hydrogen (secondary N) is 1. The fourth-order valence-electron chi connectivity index (χ4n) is 3.07. The highest BCUT2D eigenvalue weighted by molar-refractivity contribution is 6.31. The number of nitrogen functional groups attached to an aromatic ring is 1. The molecule has 9 heteroatoms. The molecule has 0 aliphatic carbocycles. The Bertz CT molecular complexity index is 1000. The van der Waals surface area contributed by atoms with Gasteiger partial charge in [0.05, 0.1) is 6.61 Å². The number of nitrogens with two attached hydrogens (primary N) is 1. The summed E-state index contributed by atoms with van der Waals surface area (Å²) in [4.78, 5) is 41.5. The molecule has 2 aromatic rings. The molecule has 0 saturated heterocycles. The van der Waals surface area contributed by atoms with Crippen LogP contribution in [0.15, 0.2) is 33.9 Å². The number of benzene rings is 1. The second-order valence-electron chi connectivity index (χ2n) is 7.81. The summed E-state index contributed by atoms with van der Waals surface area (Å²) in [6.07, 6.45) is 2.23. The molecule has 0 spiro atoms. The monoisotopic (exact) mass is 450 g/mol. The number of aromatic amines is 1. The molecular weight excluding hydrogens is 420 g/mol. The fourth-order valence-corrected chi connectivity index (χ4v) is 3.26. The van der Waals surface area contributed by atoms with E-state index in [9.17, 15) is 14.4 Å². The number of carbonyl (C=O) groups is 1. The van der Waals surface area contributed by atoms with Gasteiger partial charge in [-0.25, -0.2) is 4.79 Å². The van der Waals surface area contributed by atoms with E-state index in [1.54, 1.807) is 6.07 Å². The first-order valence-corrected chi connectivity index (χ1v) is 10.9. The summed E-state index contributed by atoms with van der Waals surface area (Å²) in [5.41, 5.74) is 5.69. The van der Waals surface area contributed by atoms with Crippen LogP contribution in [0, 0.1) is 5.92 Å². The zero-order valence-corrected chi connectivity index (χ0v) is 19.1. The second kappa shape index (κ2) is 11.7. The standard InChI is InChI=1S/C22H31ClN4O4/c1-4-5-11-27-20(24)19(21(29)25-22(27)30)26(12-10-15(2)3)18(28)14-31-13-16-8-6-7-9-17(16)23/h6-9,15H,4-5,10-14,24H2,1-3H3,(H,25,29,30). The minimum atomic E-state index is -0.682. The molecule has 0 fully saturated rings. The van der Waals surface area contributed by atoms with E-state index >= 15 is 0 Å². The minimum absolute atomic E-state index is 0.00888. The lowest BCUT2D eigenvalue weighted by molar-refractivity contribution is -0.123. The van der Waals surface area contributed by atoms with E-state index in [0.29, 0.717) is 23.9 Å². The smallest absolute Gasteiger partial charge is 0.330 e. The highest BCUT2D eigenvalue weighted by Crippen LogP contribution is 2.20. The van der Waals surface area contributed by atoms with Crippen molar-refractivity contribution < 1.29 is 9.53 Å². The molecule has 2 rings (SSSR count). The molecule has 0 saturated carbocycles. The summed E-state index contributed by atoms with van der Waals surface area (Å²) in [5, 5.41) is 0.551. The summed E-state index contributed by atoms with van der Waals surface area (Å²) in [6, 6.07) is 7.21. The highest BCUT2D eigenvalue weighted by atomic mass is 35.5. The molecule has 31 heavy (non-hydrogen) atoms. The van der Waals surface area contributed by atoms with Crippen molar-refractivity contribution in [1.29, 1.82) is 0 Å². The van der Waals surface area contributed by atoms with Crippen molar-refractivity contribution in [2.75, 3.05) is 23.8 Å². The van der Waals surface area contributed by atoms with Gasteiger partial charge in [-0.15, -0.1) is 0 Å². The fraction of sp³-hybridized carbons (Fsp3) is 0.500.